The van der Waals surface area contributed by atoms with Crippen molar-refractivity contribution in [1.82, 2.24) is 20.7 Å². The Morgan fingerprint density at radius 1 is 0.773 bits per heavy atom. The Bertz CT molecular complexity index is 1720. The third kappa shape index (κ3) is 6.04. The summed E-state index contributed by atoms with van der Waals surface area (Å²) in [5.41, 5.74) is 10.8. The molecule has 4 N–H and O–H groups in total. The average Bonchev–Trinajstić information content (AvgIpc) is 3.50. The van der Waals surface area contributed by atoms with Crippen LogP contribution in [0, 0.1) is 5.92 Å². The zero-order valence-corrected chi connectivity index (χ0v) is 24.1. The lowest BCUT2D eigenvalue weighted by atomic mass is 9.89. The van der Waals surface area contributed by atoms with Crippen LogP contribution >= 0.6 is 0 Å². The lowest BCUT2D eigenvalue weighted by Gasteiger charge is -2.37. The SMILES string of the molecule is O=C(NCc1ccccc1)C1CN(Cc2ccccc2)c2nc(NCc3ccc(Oc4ccccc4)cc3)nc3c2C1NN3. The summed E-state index contributed by atoms with van der Waals surface area (Å²) in [7, 11) is 0. The fourth-order valence-electron chi connectivity index (χ4n) is 5.68. The first-order chi connectivity index (χ1) is 21.7. The monoisotopic (exact) mass is 583 g/mol. The molecule has 0 saturated heterocycles. The molecule has 7 rings (SSSR count). The number of anilines is 3. The summed E-state index contributed by atoms with van der Waals surface area (Å²) in [6.07, 6.45) is 0. The molecule has 1 amide bonds. The predicted octanol–water partition coefficient (Wildman–Crippen LogP) is 5.81. The van der Waals surface area contributed by atoms with Gasteiger partial charge >= 0.3 is 0 Å². The zero-order chi connectivity index (χ0) is 29.7. The number of hydrogen-bond donors (Lipinski definition) is 4. The van der Waals surface area contributed by atoms with Crippen LogP contribution in [0.2, 0.25) is 0 Å². The van der Waals surface area contributed by atoms with Crippen molar-refractivity contribution in [3.05, 3.63) is 138 Å². The largest absolute Gasteiger partial charge is 0.457 e. The number of nitrogens with one attached hydrogen (secondary N) is 4. The standard InChI is InChI=1S/C35H33N7O2/c43-34(36-20-24-10-4-1-5-11-24)29-23-42(22-26-12-6-2-7-13-26)33-30-31(29)40-41-32(30)38-35(39-33)37-21-25-16-18-28(19-17-25)44-27-14-8-3-9-15-27/h1-19,29,31,40H,20-23H2,(H,36,43)(H2,37,38,39,41). The van der Waals surface area contributed by atoms with E-state index < -0.39 is 0 Å². The second kappa shape index (κ2) is 12.4. The van der Waals surface area contributed by atoms with E-state index in [0.717, 1.165) is 39.6 Å². The molecule has 3 heterocycles. The van der Waals surface area contributed by atoms with Crippen molar-refractivity contribution in [2.24, 2.45) is 5.92 Å². The lowest BCUT2D eigenvalue weighted by molar-refractivity contribution is -0.125. The van der Waals surface area contributed by atoms with Gasteiger partial charge in [0.25, 0.3) is 0 Å². The molecule has 2 atom stereocenters. The van der Waals surface area contributed by atoms with Crippen molar-refractivity contribution in [3.63, 3.8) is 0 Å². The van der Waals surface area contributed by atoms with Gasteiger partial charge in [-0.05, 0) is 41.0 Å². The fourth-order valence-corrected chi connectivity index (χ4v) is 5.68. The zero-order valence-electron chi connectivity index (χ0n) is 24.1. The van der Waals surface area contributed by atoms with Crippen molar-refractivity contribution < 1.29 is 9.53 Å². The summed E-state index contributed by atoms with van der Waals surface area (Å²) in [6.45, 7) is 2.17. The minimum Gasteiger partial charge on any atom is -0.457 e. The molecular formula is C35H33N7O2. The van der Waals surface area contributed by atoms with Gasteiger partial charge in [0.15, 0.2) is 5.82 Å². The molecule has 2 aliphatic heterocycles. The molecule has 5 aromatic rings. The highest BCUT2D eigenvalue weighted by molar-refractivity contribution is 5.83. The molecule has 44 heavy (non-hydrogen) atoms. The first-order valence-corrected chi connectivity index (χ1v) is 14.8. The Kier molecular flexibility index (Phi) is 7.76. The van der Waals surface area contributed by atoms with Gasteiger partial charge in [0.1, 0.15) is 17.3 Å². The number of ether oxygens (including phenoxy) is 1. The number of hydrogen-bond acceptors (Lipinski definition) is 8. The molecule has 0 saturated carbocycles. The number of para-hydroxylation sites is 1. The Labute approximate surface area is 256 Å². The Hall–Kier alpha value is -5.41. The van der Waals surface area contributed by atoms with Gasteiger partial charge < -0.3 is 25.7 Å². The second-order valence-electron chi connectivity index (χ2n) is 11.0. The van der Waals surface area contributed by atoms with Gasteiger partial charge in [-0.2, -0.15) is 9.97 Å². The number of aromatic nitrogens is 2. The summed E-state index contributed by atoms with van der Waals surface area (Å²) in [5, 5.41) is 6.54. The first kappa shape index (κ1) is 27.4. The minimum absolute atomic E-state index is 0.00777. The van der Waals surface area contributed by atoms with Crippen molar-refractivity contribution in [1.29, 1.82) is 0 Å². The normalized spacial score (nSPS) is 16.5. The molecule has 1 aromatic heterocycles. The van der Waals surface area contributed by atoms with E-state index in [2.05, 4.69) is 38.5 Å². The lowest BCUT2D eigenvalue weighted by Crippen LogP contribution is -2.48. The molecule has 9 heteroatoms. The third-order valence-electron chi connectivity index (χ3n) is 7.92. The van der Waals surface area contributed by atoms with Crippen LogP contribution < -0.4 is 31.1 Å². The van der Waals surface area contributed by atoms with E-state index in [0.29, 0.717) is 37.9 Å². The van der Waals surface area contributed by atoms with Crippen LogP contribution in [0.4, 0.5) is 17.6 Å². The molecule has 2 unspecified atom stereocenters. The summed E-state index contributed by atoms with van der Waals surface area (Å²) in [4.78, 5) is 25.5. The molecule has 0 radical (unpaired) electrons. The molecule has 0 spiro atoms. The van der Waals surface area contributed by atoms with Crippen LogP contribution in [0.25, 0.3) is 0 Å². The van der Waals surface area contributed by atoms with Crippen LogP contribution in [-0.2, 0) is 24.4 Å². The van der Waals surface area contributed by atoms with E-state index >= 15 is 0 Å². The van der Waals surface area contributed by atoms with Gasteiger partial charge in [-0.3, -0.25) is 4.79 Å². The maximum atomic E-state index is 13.6. The number of carbonyl (C=O) groups excluding carboxylic acids is 1. The third-order valence-corrected chi connectivity index (χ3v) is 7.92. The van der Waals surface area contributed by atoms with E-state index in [1.807, 2.05) is 103 Å². The molecule has 4 aromatic carbocycles. The first-order valence-electron chi connectivity index (χ1n) is 14.8. The second-order valence-corrected chi connectivity index (χ2v) is 11.0. The van der Waals surface area contributed by atoms with Gasteiger partial charge in [-0.1, -0.05) is 91.0 Å². The van der Waals surface area contributed by atoms with E-state index in [1.165, 1.54) is 0 Å². The molecular weight excluding hydrogens is 550 g/mol. The topological polar surface area (TPSA) is 103 Å². The maximum absolute atomic E-state index is 13.6. The molecule has 0 fully saturated rings. The van der Waals surface area contributed by atoms with Gasteiger partial charge in [0.2, 0.25) is 11.9 Å². The van der Waals surface area contributed by atoms with E-state index in [4.69, 9.17) is 14.7 Å². The summed E-state index contributed by atoms with van der Waals surface area (Å²) in [6, 6.07) is 37.7. The van der Waals surface area contributed by atoms with E-state index in [9.17, 15) is 4.79 Å². The number of hydrazine groups is 1. The molecule has 9 nitrogen and oxygen atoms in total. The number of carbonyl (C=O) groups is 1. The maximum Gasteiger partial charge on any atom is 0.227 e. The number of nitrogens with zero attached hydrogens (tertiary/aromatic N) is 3. The van der Waals surface area contributed by atoms with Crippen molar-refractivity contribution in [2.45, 2.75) is 25.7 Å². The number of rotatable bonds is 10. The Morgan fingerprint density at radius 3 is 2.14 bits per heavy atom. The summed E-state index contributed by atoms with van der Waals surface area (Å²) >= 11 is 0. The van der Waals surface area contributed by atoms with Crippen molar-refractivity contribution in [3.8, 4) is 11.5 Å². The van der Waals surface area contributed by atoms with Gasteiger partial charge in [0.05, 0.1) is 17.5 Å². The van der Waals surface area contributed by atoms with E-state index in [-0.39, 0.29) is 17.9 Å². The van der Waals surface area contributed by atoms with Crippen LogP contribution in [-0.4, -0.2) is 22.4 Å². The smallest absolute Gasteiger partial charge is 0.227 e. The highest BCUT2D eigenvalue weighted by Gasteiger charge is 2.44. The van der Waals surface area contributed by atoms with Crippen molar-refractivity contribution >= 4 is 23.5 Å². The molecule has 2 aliphatic rings. The van der Waals surface area contributed by atoms with Crippen LogP contribution in [0.1, 0.15) is 28.3 Å². The van der Waals surface area contributed by atoms with Gasteiger partial charge in [0, 0.05) is 26.2 Å². The van der Waals surface area contributed by atoms with Crippen LogP contribution in [0.15, 0.2) is 115 Å². The summed E-state index contributed by atoms with van der Waals surface area (Å²) in [5.74, 6) is 3.26. The quantitative estimate of drug-likeness (QED) is 0.164. The average molecular weight is 584 g/mol. The predicted molar refractivity (Wildman–Crippen MR) is 171 cm³/mol. The molecule has 0 bridgehead atoms. The van der Waals surface area contributed by atoms with Crippen LogP contribution in [0.3, 0.4) is 0 Å². The highest BCUT2D eigenvalue weighted by Crippen LogP contribution is 2.44. The number of benzene rings is 4. The number of amides is 1. The Morgan fingerprint density at radius 2 is 1.41 bits per heavy atom. The summed E-state index contributed by atoms with van der Waals surface area (Å²) < 4.78 is 5.92. The van der Waals surface area contributed by atoms with Crippen molar-refractivity contribution in [2.75, 3.05) is 22.2 Å². The van der Waals surface area contributed by atoms with Gasteiger partial charge in [-0.15, -0.1) is 0 Å². The van der Waals surface area contributed by atoms with Crippen LogP contribution in [0.5, 0.6) is 11.5 Å². The van der Waals surface area contributed by atoms with E-state index in [1.54, 1.807) is 0 Å². The molecule has 220 valence electrons. The van der Waals surface area contributed by atoms with Gasteiger partial charge in [-0.25, -0.2) is 5.43 Å². The fraction of sp³-hybridized carbons (Fsp3) is 0.171. The Balaban J connectivity index is 1.10. The minimum atomic E-state index is -0.331. The highest BCUT2D eigenvalue weighted by atomic mass is 16.5. The molecule has 0 aliphatic carbocycles.